The number of hydrazone groups is 1. The Balaban J connectivity index is 2.64. The number of benzene rings is 1. The predicted molar refractivity (Wildman–Crippen MR) is 61.3 cm³/mol. The molecule has 1 rings (SSSR count). The molecule has 0 aliphatic heterocycles. The number of hydrogen-bond acceptors (Lipinski definition) is 3. The zero-order chi connectivity index (χ0) is 11.1. The maximum atomic E-state index is 5.39. The van der Waals surface area contributed by atoms with Crippen LogP contribution in [0, 0.1) is 0 Å². The minimum Gasteiger partial charge on any atom is -0.497 e. The first-order valence-electron chi connectivity index (χ1n) is 4.41. The Kier molecular flexibility index (Phi) is 4.15. The molecule has 15 heavy (non-hydrogen) atoms. The number of aliphatic imine (C=N–C) groups is 1. The van der Waals surface area contributed by atoms with Gasteiger partial charge in [-0.1, -0.05) is 12.1 Å². The largest absolute Gasteiger partial charge is 0.497 e. The van der Waals surface area contributed by atoms with Gasteiger partial charge in [0.1, 0.15) is 5.75 Å². The fourth-order valence-electron chi connectivity index (χ4n) is 0.945. The van der Waals surface area contributed by atoms with Crippen molar-refractivity contribution in [1.29, 1.82) is 0 Å². The van der Waals surface area contributed by atoms with Crippen molar-refractivity contribution in [2.75, 3.05) is 14.2 Å². The molecule has 5 heteroatoms. The summed E-state index contributed by atoms with van der Waals surface area (Å²) in [6, 6.07) is 7.53. The van der Waals surface area contributed by atoms with Crippen molar-refractivity contribution in [2.45, 2.75) is 0 Å². The Morgan fingerprint density at radius 2 is 2.33 bits per heavy atom. The summed E-state index contributed by atoms with van der Waals surface area (Å²) < 4.78 is 5.07. The Labute approximate surface area is 88.7 Å². The summed E-state index contributed by atoms with van der Waals surface area (Å²) in [6.45, 7) is 0. The second-order valence-electron chi connectivity index (χ2n) is 2.76. The van der Waals surface area contributed by atoms with E-state index in [-0.39, 0.29) is 5.96 Å². The van der Waals surface area contributed by atoms with Crippen molar-refractivity contribution >= 4 is 12.2 Å². The third-order valence-corrected chi connectivity index (χ3v) is 1.73. The summed E-state index contributed by atoms with van der Waals surface area (Å²) in [5, 5.41) is 3.90. The topological polar surface area (TPSA) is 72.0 Å². The lowest BCUT2D eigenvalue weighted by Gasteiger charge is -2.00. The highest BCUT2D eigenvalue weighted by atomic mass is 16.5. The average molecular weight is 206 g/mol. The molecule has 0 bridgehead atoms. The van der Waals surface area contributed by atoms with Gasteiger partial charge in [0, 0.05) is 7.05 Å². The molecular formula is C10H14N4O. The molecule has 1 aromatic rings. The molecule has 80 valence electrons. The summed E-state index contributed by atoms with van der Waals surface area (Å²) in [5.74, 6) is 1.06. The summed E-state index contributed by atoms with van der Waals surface area (Å²) in [4.78, 5) is 3.70. The van der Waals surface area contributed by atoms with E-state index in [0.717, 1.165) is 11.3 Å². The molecule has 0 aromatic heterocycles. The summed E-state index contributed by atoms with van der Waals surface area (Å²) >= 11 is 0. The van der Waals surface area contributed by atoms with Crippen LogP contribution in [0.3, 0.4) is 0 Å². The third-order valence-electron chi connectivity index (χ3n) is 1.73. The van der Waals surface area contributed by atoms with Crippen molar-refractivity contribution in [2.24, 2.45) is 15.8 Å². The smallest absolute Gasteiger partial charge is 0.209 e. The molecular weight excluding hydrogens is 192 g/mol. The van der Waals surface area contributed by atoms with Crippen LogP contribution >= 0.6 is 0 Å². The van der Waals surface area contributed by atoms with Crippen LogP contribution in [0.25, 0.3) is 0 Å². The van der Waals surface area contributed by atoms with Crippen LogP contribution in [0.5, 0.6) is 5.75 Å². The second kappa shape index (κ2) is 5.64. The van der Waals surface area contributed by atoms with E-state index in [0.29, 0.717) is 0 Å². The molecule has 0 atom stereocenters. The van der Waals surface area contributed by atoms with Crippen LogP contribution < -0.4 is 15.9 Å². The maximum Gasteiger partial charge on any atom is 0.209 e. The van der Waals surface area contributed by atoms with Gasteiger partial charge in [0.25, 0.3) is 0 Å². The molecule has 3 N–H and O–H groups in total. The van der Waals surface area contributed by atoms with Crippen LogP contribution in [-0.4, -0.2) is 26.3 Å². The van der Waals surface area contributed by atoms with Crippen molar-refractivity contribution < 1.29 is 4.74 Å². The highest BCUT2D eigenvalue weighted by molar-refractivity contribution is 5.83. The van der Waals surface area contributed by atoms with Crippen molar-refractivity contribution in [3.05, 3.63) is 29.8 Å². The zero-order valence-electron chi connectivity index (χ0n) is 8.77. The highest BCUT2D eigenvalue weighted by Crippen LogP contribution is 2.10. The molecule has 0 radical (unpaired) electrons. The van der Waals surface area contributed by atoms with E-state index in [9.17, 15) is 0 Å². The number of hydrogen-bond donors (Lipinski definition) is 2. The first-order valence-corrected chi connectivity index (χ1v) is 4.41. The van der Waals surface area contributed by atoms with E-state index in [1.54, 1.807) is 20.4 Å². The lowest BCUT2D eigenvalue weighted by atomic mass is 10.2. The average Bonchev–Trinajstić information content (AvgIpc) is 2.29. The van der Waals surface area contributed by atoms with Gasteiger partial charge < -0.3 is 10.5 Å². The Morgan fingerprint density at radius 3 is 3.00 bits per heavy atom. The number of ether oxygens (including phenoxy) is 1. The van der Waals surface area contributed by atoms with Gasteiger partial charge in [-0.25, -0.2) is 5.43 Å². The zero-order valence-corrected chi connectivity index (χ0v) is 8.77. The van der Waals surface area contributed by atoms with Crippen LogP contribution in [0.15, 0.2) is 34.4 Å². The molecule has 1 aromatic carbocycles. The van der Waals surface area contributed by atoms with Gasteiger partial charge in [0.2, 0.25) is 5.96 Å². The Hall–Kier alpha value is -2.04. The van der Waals surface area contributed by atoms with Crippen molar-refractivity contribution in [3.8, 4) is 5.75 Å². The van der Waals surface area contributed by atoms with Gasteiger partial charge >= 0.3 is 0 Å². The standard InChI is InChI=1S/C10H14N4O/c1-12-10(11)14-13-7-8-4-3-5-9(6-8)15-2/h3-7H,1-2H3,(H3,11,12,14)/b13-7+. The molecule has 5 nitrogen and oxygen atoms in total. The van der Waals surface area contributed by atoms with E-state index in [1.807, 2.05) is 24.3 Å². The third kappa shape index (κ3) is 3.68. The molecule has 0 aliphatic rings. The maximum absolute atomic E-state index is 5.39. The fourth-order valence-corrected chi connectivity index (χ4v) is 0.945. The predicted octanol–water partition coefficient (Wildman–Crippen LogP) is 0.563. The molecule has 0 unspecified atom stereocenters. The number of guanidine groups is 1. The Morgan fingerprint density at radius 1 is 1.53 bits per heavy atom. The monoisotopic (exact) mass is 206 g/mol. The molecule has 0 spiro atoms. The lowest BCUT2D eigenvalue weighted by molar-refractivity contribution is 0.415. The number of rotatable bonds is 3. The first kappa shape index (κ1) is 11.0. The number of nitrogens with two attached hydrogens (primary N) is 1. The first-order chi connectivity index (χ1) is 7.26. The van der Waals surface area contributed by atoms with Gasteiger partial charge in [0.05, 0.1) is 13.3 Å². The lowest BCUT2D eigenvalue weighted by Crippen LogP contribution is -2.26. The van der Waals surface area contributed by atoms with Gasteiger partial charge in [0.15, 0.2) is 0 Å². The van der Waals surface area contributed by atoms with E-state index >= 15 is 0 Å². The highest BCUT2D eigenvalue weighted by Gasteiger charge is 1.91. The fraction of sp³-hybridized carbons (Fsp3) is 0.200. The van der Waals surface area contributed by atoms with Gasteiger partial charge in [-0.05, 0) is 17.7 Å². The number of methoxy groups -OCH3 is 1. The minimum absolute atomic E-state index is 0.272. The van der Waals surface area contributed by atoms with Crippen LogP contribution in [0.2, 0.25) is 0 Å². The minimum atomic E-state index is 0.272. The van der Waals surface area contributed by atoms with Crippen LogP contribution in [0.1, 0.15) is 5.56 Å². The van der Waals surface area contributed by atoms with E-state index in [2.05, 4.69) is 15.5 Å². The Bertz CT molecular complexity index is 373. The summed E-state index contributed by atoms with van der Waals surface area (Å²) in [5.41, 5.74) is 8.89. The molecule has 0 saturated heterocycles. The van der Waals surface area contributed by atoms with Gasteiger partial charge in [-0.3, -0.25) is 4.99 Å². The SMILES string of the molecule is CN=C(N)N/N=C/c1cccc(OC)c1. The van der Waals surface area contributed by atoms with E-state index in [4.69, 9.17) is 10.5 Å². The van der Waals surface area contributed by atoms with Crippen LogP contribution in [-0.2, 0) is 0 Å². The molecule has 0 saturated carbocycles. The van der Waals surface area contributed by atoms with Crippen LogP contribution in [0.4, 0.5) is 0 Å². The van der Waals surface area contributed by atoms with Crippen molar-refractivity contribution in [3.63, 3.8) is 0 Å². The van der Waals surface area contributed by atoms with Crippen molar-refractivity contribution in [1.82, 2.24) is 5.43 Å². The molecule has 0 aliphatic carbocycles. The molecule has 0 fully saturated rings. The second-order valence-corrected chi connectivity index (χ2v) is 2.76. The summed E-state index contributed by atoms with van der Waals surface area (Å²) in [7, 11) is 3.21. The van der Waals surface area contributed by atoms with Gasteiger partial charge in [-0.2, -0.15) is 5.10 Å². The number of nitrogens with zero attached hydrogens (tertiary/aromatic N) is 2. The molecule has 0 heterocycles. The van der Waals surface area contributed by atoms with Gasteiger partial charge in [-0.15, -0.1) is 0 Å². The number of nitrogens with one attached hydrogen (secondary N) is 1. The normalized spacial score (nSPS) is 11.7. The molecule has 0 amide bonds. The quantitative estimate of drug-likeness (QED) is 0.431. The van der Waals surface area contributed by atoms with E-state index in [1.165, 1.54) is 0 Å². The summed E-state index contributed by atoms with van der Waals surface area (Å²) in [6.07, 6.45) is 1.64. The van der Waals surface area contributed by atoms with E-state index < -0.39 is 0 Å².